The molecule has 0 aliphatic carbocycles. The molecule has 0 aliphatic heterocycles. The van der Waals surface area contributed by atoms with Crippen molar-refractivity contribution < 1.29 is 38.5 Å². The van der Waals surface area contributed by atoms with Crippen LogP contribution in [-0.4, -0.2) is 47.7 Å². The Labute approximate surface area is 214 Å². The Morgan fingerprint density at radius 2 is 1.19 bits per heavy atom. The summed E-state index contributed by atoms with van der Waals surface area (Å²) in [6.45, 7) is 5.93. The van der Waals surface area contributed by atoms with Gasteiger partial charge in [0.1, 0.15) is 5.75 Å². The average molecular weight is 506 g/mol. The summed E-state index contributed by atoms with van der Waals surface area (Å²) in [5.74, 6) is -4.03. The number of nitrogens with one attached hydrogen (secondary N) is 1. The lowest BCUT2D eigenvalue weighted by atomic mass is 10.1. The van der Waals surface area contributed by atoms with Crippen molar-refractivity contribution in [3.63, 3.8) is 0 Å². The molecule has 0 aromatic heterocycles. The number of ether oxygens (including phenoxy) is 3. The van der Waals surface area contributed by atoms with Gasteiger partial charge in [0, 0.05) is 5.69 Å². The molecule has 192 valence electrons. The van der Waals surface area contributed by atoms with Crippen LogP contribution in [0.1, 0.15) is 38.8 Å². The molecule has 2 atom stereocenters. The van der Waals surface area contributed by atoms with Gasteiger partial charge in [0.25, 0.3) is 5.91 Å². The molecule has 1 amide bonds. The minimum atomic E-state index is -2.12. The third-order valence-corrected chi connectivity index (χ3v) is 5.25. The average Bonchev–Trinajstić information content (AvgIpc) is 2.87. The molecule has 0 heterocycles. The number of carbonyl (C=O) groups is 4. The van der Waals surface area contributed by atoms with Gasteiger partial charge in [-0.05, 0) is 69.3 Å². The van der Waals surface area contributed by atoms with E-state index in [1.807, 2.05) is 20.8 Å². The molecule has 37 heavy (non-hydrogen) atoms. The minimum absolute atomic E-state index is 0.0763. The number of esters is 2. The number of carboxylic acid groups (broad SMARTS) is 1. The fourth-order valence-corrected chi connectivity index (χ4v) is 3.26. The summed E-state index contributed by atoms with van der Waals surface area (Å²) in [6.07, 6.45) is -4.11. The van der Waals surface area contributed by atoms with Crippen molar-refractivity contribution >= 4 is 29.5 Å². The number of carboxylic acids is 1. The van der Waals surface area contributed by atoms with E-state index in [1.165, 1.54) is 36.4 Å². The number of amides is 1. The van der Waals surface area contributed by atoms with Crippen LogP contribution in [0.2, 0.25) is 0 Å². The maximum absolute atomic E-state index is 13.2. The normalized spacial score (nSPS) is 12.1. The van der Waals surface area contributed by atoms with E-state index < -0.39 is 36.0 Å². The highest BCUT2D eigenvalue weighted by atomic mass is 16.6. The van der Waals surface area contributed by atoms with Gasteiger partial charge in [-0.1, -0.05) is 35.4 Å². The molecule has 0 saturated carbocycles. The maximum atomic E-state index is 13.2. The van der Waals surface area contributed by atoms with Crippen molar-refractivity contribution in [1.82, 2.24) is 0 Å². The van der Waals surface area contributed by atoms with E-state index in [0.29, 0.717) is 18.0 Å². The van der Waals surface area contributed by atoms with Crippen LogP contribution in [0, 0.1) is 13.8 Å². The molecule has 0 unspecified atom stereocenters. The number of rotatable bonds is 10. The highest BCUT2D eigenvalue weighted by molar-refractivity contribution is 6.01. The van der Waals surface area contributed by atoms with Crippen molar-refractivity contribution in [3.05, 3.63) is 95.1 Å². The lowest BCUT2D eigenvalue weighted by Crippen LogP contribution is -2.48. The summed E-state index contributed by atoms with van der Waals surface area (Å²) >= 11 is 0. The first kappa shape index (κ1) is 26.9. The van der Waals surface area contributed by atoms with Crippen LogP contribution in [-0.2, 0) is 19.1 Å². The van der Waals surface area contributed by atoms with Gasteiger partial charge in [-0.25, -0.2) is 14.4 Å². The van der Waals surface area contributed by atoms with Crippen LogP contribution in [0.25, 0.3) is 0 Å². The highest BCUT2D eigenvalue weighted by Gasteiger charge is 2.41. The zero-order valence-electron chi connectivity index (χ0n) is 20.6. The Hall–Kier alpha value is -4.66. The Bertz CT molecular complexity index is 1250. The summed E-state index contributed by atoms with van der Waals surface area (Å²) in [5.41, 5.74) is 2.23. The molecule has 0 fully saturated rings. The number of carbonyl (C=O) groups excluding carboxylic acids is 3. The maximum Gasteiger partial charge on any atom is 0.349 e. The van der Waals surface area contributed by atoms with Crippen molar-refractivity contribution in [2.75, 3.05) is 11.9 Å². The topological polar surface area (TPSA) is 128 Å². The number of benzene rings is 3. The SMILES string of the molecule is CCOc1ccc(NC(=O)[C@H](OC(=O)c2ccc(C)cc2)[C@@H](OC(=O)c2ccc(C)cc2)C(=O)O)cc1. The first-order valence-corrected chi connectivity index (χ1v) is 11.5. The van der Waals surface area contributed by atoms with E-state index in [9.17, 15) is 24.3 Å². The zero-order valence-corrected chi connectivity index (χ0v) is 20.6. The molecule has 3 aromatic carbocycles. The second-order valence-electron chi connectivity index (χ2n) is 8.17. The fraction of sp³-hybridized carbons (Fsp3) is 0.214. The molecule has 3 rings (SSSR count). The predicted octanol–water partition coefficient (Wildman–Crippen LogP) is 4.18. The second-order valence-corrected chi connectivity index (χ2v) is 8.17. The van der Waals surface area contributed by atoms with Crippen LogP contribution in [0.5, 0.6) is 5.75 Å². The monoisotopic (exact) mass is 505 g/mol. The van der Waals surface area contributed by atoms with Gasteiger partial charge in [0.05, 0.1) is 17.7 Å². The Balaban J connectivity index is 1.88. The summed E-state index contributed by atoms with van der Waals surface area (Å²) < 4.78 is 15.9. The van der Waals surface area contributed by atoms with Crippen LogP contribution < -0.4 is 10.1 Å². The summed E-state index contributed by atoms with van der Waals surface area (Å²) in [4.78, 5) is 50.8. The van der Waals surface area contributed by atoms with E-state index in [1.54, 1.807) is 36.4 Å². The van der Waals surface area contributed by atoms with E-state index in [2.05, 4.69) is 5.32 Å². The van der Waals surface area contributed by atoms with Crippen molar-refractivity contribution in [1.29, 1.82) is 0 Å². The molecular weight excluding hydrogens is 478 g/mol. The van der Waals surface area contributed by atoms with Crippen LogP contribution in [0.4, 0.5) is 5.69 Å². The lowest BCUT2D eigenvalue weighted by Gasteiger charge is -2.23. The third-order valence-electron chi connectivity index (χ3n) is 5.25. The quantitative estimate of drug-likeness (QED) is 0.393. The van der Waals surface area contributed by atoms with Crippen molar-refractivity contribution in [2.45, 2.75) is 33.0 Å². The van der Waals surface area contributed by atoms with Gasteiger partial charge in [-0.15, -0.1) is 0 Å². The summed E-state index contributed by atoms with van der Waals surface area (Å²) in [6, 6.07) is 18.8. The standard InChI is InChI=1S/C28H27NO8/c1-4-35-22-15-13-21(14-16-22)29-25(30)23(36-27(33)19-9-5-17(2)6-10-19)24(26(31)32)37-28(34)20-11-7-18(3)8-12-20/h5-16,23-24H,4H2,1-3H3,(H,29,30)(H,31,32)/t23-,24-/m1/s1. The zero-order chi connectivity index (χ0) is 26.9. The molecular formula is C28H27NO8. The Morgan fingerprint density at radius 3 is 1.62 bits per heavy atom. The smallest absolute Gasteiger partial charge is 0.349 e. The van der Waals surface area contributed by atoms with E-state index >= 15 is 0 Å². The predicted molar refractivity (Wildman–Crippen MR) is 135 cm³/mol. The number of aryl methyl sites for hydroxylation is 2. The highest BCUT2D eigenvalue weighted by Crippen LogP contribution is 2.19. The molecule has 9 nitrogen and oxygen atoms in total. The Morgan fingerprint density at radius 1 is 0.730 bits per heavy atom. The van der Waals surface area contributed by atoms with Gasteiger partial charge in [-0.3, -0.25) is 4.79 Å². The molecule has 3 aromatic rings. The van der Waals surface area contributed by atoms with Gasteiger partial charge >= 0.3 is 17.9 Å². The van der Waals surface area contributed by atoms with E-state index in [0.717, 1.165) is 11.1 Å². The summed E-state index contributed by atoms with van der Waals surface area (Å²) in [5, 5.41) is 12.4. The minimum Gasteiger partial charge on any atom is -0.494 e. The second kappa shape index (κ2) is 12.3. The van der Waals surface area contributed by atoms with Crippen LogP contribution >= 0.6 is 0 Å². The number of anilines is 1. The van der Waals surface area contributed by atoms with Gasteiger partial charge < -0.3 is 24.6 Å². The lowest BCUT2D eigenvalue weighted by molar-refractivity contribution is -0.157. The van der Waals surface area contributed by atoms with Crippen LogP contribution in [0.15, 0.2) is 72.8 Å². The van der Waals surface area contributed by atoms with Gasteiger partial charge in [0.15, 0.2) is 0 Å². The Kier molecular flexibility index (Phi) is 8.99. The molecule has 2 N–H and O–H groups in total. The molecule has 0 saturated heterocycles. The largest absolute Gasteiger partial charge is 0.494 e. The van der Waals surface area contributed by atoms with Crippen molar-refractivity contribution in [2.24, 2.45) is 0 Å². The molecule has 0 spiro atoms. The van der Waals surface area contributed by atoms with E-state index in [-0.39, 0.29) is 11.1 Å². The first-order valence-electron chi connectivity index (χ1n) is 11.5. The first-order chi connectivity index (χ1) is 17.7. The molecule has 0 radical (unpaired) electrons. The fourth-order valence-electron chi connectivity index (χ4n) is 3.26. The van der Waals surface area contributed by atoms with Crippen LogP contribution in [0.3, 0.4) is 0 Å². The number of aliphatic carboxylic acids is 1. The number of hydrogen-bond acceptors (Lipinski definition) is 7. The van der Waals surface area contributed by atoms with E-state index in [4.69, 9.17) is 14.2 Å². The van der Waals surface area contributed by atoms with Gasteiger partial charge in [-0.2, -0.15) is 0 Å². The molecule has 9 heteroatoms. The molecule has 0 bridgehead atoms. The third kappa shape index (κ3) is 7.41. The van der Waals surface area contributed by atoms with Crippen molar-refractivity contribution in [3.8, 4) is 5.75 Å². The molecule has 0 aliphatic rings. The number of hydrogen-bond donors (Lipinski definition) is 2. The van der Waals surface area contributed by atoms with Gasteiger partial charge in [0.2, 0.25) is 12.2 Å². The summed E-state index contributed by atoms with van der Waals surface area (Å²) in [7, 11) is 0.